The molecule has 1 aliphatic rings. The highest BCUT2D eigenvalue weighted by Crippen LogP contribution is 2.37. The molecule has 1 heterocycles. The van der Waals surface area contributed by atoms with Gasteiger partial charge in [0.1, 0.15) is 0 Å². The Morgan fingerprint density at radius 2 is 1.46 bits per heavy atom. The Hall–Kier alpha value is -1.83. The summed E-state index contributed by atoms with van der Waals surface area (Å²) in [6, 6.07) is 22.0. The number of piperazine rings is 1. The first kappa shape index (κ1) is 20.5. The topological polar surface area (TPSA) is 39.1 Å². The van der Waals surface area contributed by atoms with Crippen molar-refractivity contribution in [2.75, 3.05) is 26.2 Å². The lowest BCUT2D eigenvalue weighted by atomic mass is 9.90. The third kappa shape index (κ3) is 3.79. The maximum absolute atomic E-state index is 9.48. The van der Waals surface area contributed by atoms with Crippen molar-refractivity contribution in [2.24, 2.45) is 0 Å². The van der Waals surface area contributed by atoms with E-state index in [0.717, 1.165) is 26.2 Å². The summed E-state index contributed by atoms with van der Waals surface area (Å²) < 4.78 is 0. The molecule has 1 atom stereocenters. The SMILES string of the molecule is Cl.Cl.N#CC[C@@H](c1c2ccccc2cc2ccccc12)N1CCNCC1. The molecular formula is C21H23Cl2N3. The number of nitrogens with one attached hydrogen (secondary N) is 1. The van der Waals surface area contributed by atoms with Gasteiger partial charge in [-0.3, -0.25) is 4.90 Å². The lowest BCUT2D eigenvalue weighted by molar-refractivity contribution is 0.177. The van der Waals surface area contributed by atoms with Crippen LogP contribution < -0.4 is 5.32 Å². The van der Waals surface area contributed by atoms with Gasteiger partial charge in [0, 0.05) is 32.2 Å². The minimum absolute atomic E-state index is 0. The van der Waals surface area contributed by atoms with Crippen molar-refractivity contribution >= 4 is 46.4 Å². The average molecular weight is 388 g/mol. The van der Waals surface area contributed by atoms with Gasteiger partial charge in [-0.25, -0.2) is 0 Å². The third-order valence-electron chi connectivity index (χ3n) is 5.02. The average Bonchev–Trinajstić information content (AvgIpc) is 2.65. The molecule has 0 bridgehead atoms. The largest absolute Gasteiger partial charge is 0.314 e. The van der Waals surface area contributed by atoms with E-state index in [9.17, 15) is 5.26 Å². The second-order valence-electron chi connectivity index (χ2n) is 6.40. The summed E-state index contributed by atoms with van der Waals surface area (Å²) in [5.74, 6) is 0. The number of hydrogen-bond acceptors (Lipinski definition) is 3. The number of halogens is 2. The van der Waals surface area contributed by atoms with Gasteiger partial charge in [-0.15, -0.1) is 24.8 Å². The van der Waals surface area contributed by atoms with E-state index >= 15 is 0 Å². The van der Waals surface area contributed by atoms with Crippen LogP contribution in [0.4, 0.5) is 0 Å². The van der Waals surface area contributed by atoms with Crippen LogP contribution in [0, 0.1) is 11.3 Å². The minimum atomic E-state index is 0. The van der Waals surface area contributed by atoms with Crippen LogP contribution in [-0.2, 0) is 0 Å². The molecule has 0 unspecified atom stereocenters. The number of fused-ring (bicyclic) bond motifs is 2. The van der Waals surface area contributed by atoms with Gasteiger partial charge in [-0.05, 0) is 33.2 Å². The van der Waals surface area contributed by atoms with E-state index in [1.165, 1.54) is 27.1 Å². The summed E-state index contributed by atoms with van der Waals surface area (Å²) >= 11 is 0. The molecule has 3 nitrogen and oxygen atoms in total. The predicted octanol–water partition coefficient (Wildman–Crippen LogP) is 4.70. The van der Waals surface area contributed by atoms with Crippen LogP contribution in [0.5, 0.6) is 0 Å². The summed E-state index contributed by atoms with van der Waals surface area (Å²) in [6.45, 7) is 3.96. The quantitative estimate of drug-likeness (QED) is 0.662. The normalized spacial score (nSPS) is 15.7. The lowest BCUT2D eigenvalue weighted by Crippen LogP contribution is -2.45. The molecule has 5 heteroatoms. The molecule has 0 spiro atoms. The van der Waals surface area contributed by atoms with Gasteiger partial charge in [-0.1, -0.05) is 48.5 Å². The summed E-state index contributed by atoms with van der Waals surface area (Å²) in [4.78, 5) is 2.47. The van der Waals surface area contributed by atoms with Gasteiger partial charge in [0.25, 0.3) is 0 Å². The molecule has 4 rings (SSSR count). The number of nitriles is 1. The Balaban J connectivity index is 0.00000121. The van der Waals surface area contributed by atoms with Crippen LogP contribution >= 0.6 is 24.8 Å². The van der Waals surface area contributed by atoms with Gasteiger partial charge in [-0.2, -0.15) is 5.26 Å². The molecule has 0 aliphatic carbocycles. The monoisotopic (exact) mass is 387 g/mol. The van der Waals surface area contributed by atoms with Crippen molar-refractivity contribution in [3.05, 3.63) is 60.2 Å². The molecule has 0 saturated carbocycles. The van der Waals surface area contributed by atoms with Crippen LogP contribution in [0.2, 0.25) is 0 Å². The Labute approximate surface area is 166 Å². The fourth-order valence-corrected chi connectivity index (χ4v) is 3.90. The van der Waals surface area contributed by atoms with E-state index in [4.69, 9.17) is 0 Å². The van der Waals surface area contributed by atoms with Gasteiger partial charge in [0.05, 0.1) is 12.5 Å². The number of nitrogens with zero attached hydrogens (tertiary/aromatic N) is 2. The molecule has 3 aromatic carbocycles. The molecule has 0 radical (unpaired) electrons. The van der Waals surface area contributed by atoms with E-state index in [1.807, 2.05) is 0 Å². The Morgan fingerprint density at radius 1 is 0.923 bits per heavy atom. The molecule has 1 saturated heterocycles. The van der Waals surface area contributed by atoms with Crippen LogP contribution in [0.3, 0.4) is 0 Å². The van der Waals surface area contributed by atoms with Crippen LogP contribution in [0.25, 0.3) is 21.5 Å². The summed E-state index contributed by atoms with van der Waals surface area (Å²) in [6.07, 6.45) is 0.526. The highest BCUT2D eigenvalue weighted by molar-refractivity contribution is 6.02. The van der Waals surface area contributed by atoms with Crippen molar-refractivity contribution < 1.29 is 0 Å². The van der Waals surface area contributed by atoms with Crippen molar-refractivity contribution in [1.29, 1.82) is 5.26 Å². The molecular weight excluding hydrogens is 365 g/mol. The van der Waals surface area contributed by atoms with Gasteiger partial charge in [0.2, 0.25) is 0 Å². The van der Waals surface area contributed by atoms with Crippen LogP contribution in [0.1, 0.15) is 18.0 Å². The third-order valence-corrected chi connectivity index (χ3v) is 5.02. The first-order valence-corrected chi connectivity index (χ1v) is 8.60. The first-order valence-electron chi connectivity index (χ1n) is 8.60. The fraction of sp³-hybridized carbons (Fsp3) is 0.286. The van der Waals surface area contributed by atoms with Crippen LogP contribution in [0.15, 0.2) is 54.6 Å². The molecule has 26 heavy (non-hydrogen) atoms. The molecule has 1 N–H and O–H groups in total. The maximum atomic E-state index is 9.48. The zero-order chi connectivity index (χ0) is 16.4. The highest BCUT2D eigenvalue weighted by Gasteiger charge is 2.25. The van der Waals surface area contributed by atoms with Gasteiger partial charge in [0.15, 0.2) is 0 Å². The van der Waals surface area contributed by atoms with E-state index < -0.39 is 0 Å². The predicted molar refractivity (Wildman–Crippen MR) is 113 cm³/mol. The number of hydrogen-bond donors (Lipinski definition) is 1. The Morgan fingerprint density at radius 3 is 2.00 bits per heavy atom. The molecule has 136 valence electrons. The van der Waals surface area contributed by atoms with E-state index in [1.54, 1.807) is 0 Å². The summed E-state index contributed by atoms with van der Waals surface area (Å²) in [5, 5.41) is 17.9. The molecule has 0 aromatic heterocycles. The Bertz CT molecular complexity index is 860. The van der Waals surface area contributed by atoms with E-state index in [0.29, 0.717) is 6.42 Å². The highest BCUT2D eigenvalue weighted by atomic mass is 35.5. The smallest absolute Gasteiger partial charge is 0.0641 e. The maximum Gasteiger partial charge on any atom is 0.0641 e. The lowest BCUT2D eigenvalue weighted by Gasteiger charge is -2.35. The van der Waals surface area contributed by atoms with E-state index in [-0.39, 0.29) is 30.9 Å². The van der Waals surface area contributed by atoms with Crippen molar-refractivity contribution in [1.82, 2.24) is 10.2 Å². The second kappa shape index (κ2) is 9.21. The minimum Gasteiger partial charge on any atom is -0.314 e. The second-order valence-corrected chi connectivity index (χ2v) is 6.40. The number of benzene rings is 3. The molecule has 1 aliphatic heterocycles. The molecule has 0 amide bonds. The molecule has 3 aromatic rings. The van der Waals surface area contributed by atoms with E-state index in [2.05, 4.69) is 70.9 Å². The summed E-state index contributed by atoms with van der Waals surface area (Å²) in [5.41, 5.74) is 1.31. The number of rotatable bonds is 3. The fourth-order valence-electron chi connectivity index (χ4n) is 3.90. The van der Waals surface area contributed by atoms with Gasteiger partial charge < -0.3 is 5.32 Å². The zero-order valence-electron chi connectivity index (χ0n) is 14.5. The first-order chi connectivity index (χ1) is 11.9. The zero-order valence-corrected chi connectivity index (χ0v) is 16.2. The van der Waals surface area contributed by atoms with Gasteiger partial charge >= 0.3 is 0 Å². The Kier molecular flexibility index (Phi) is 7.25. The molecule has 1 fully saturated rings. The summed E-state index contributed by atoms with van der Waals surface area (Å²) in [7, 11) is 0. The van der Waals surface area contributed by atoms with Crippen molar-refractivity contribution in [2.45, 2.75) is 12.5 Å². The van der Waals surface area contributed by atoms with Crippen molar-refractivity contribution in [3.8, 4) is 6.07 Å². The van der Waals surface area contributed by atoms with Crippen LogP contribution in [-0.4, -0.2) is 31.1 Å². The van der Waals surface area contributed by atoms with Crippen molar-refractivity contribution in [3.63, 3.8) is 0 Å². The standard InChI is InChI=1S/C21H21N3.2ClH/c22-10-9-20(24-13-11-23-12-14-24)21-18-7-3-1-5-16(18)15-17-6-2-4-8-19(17)21;;/h1-8,15,20,23H,9,11-14H2;2*1H/t20-;;/m0../s1.